The molecule has 1 amide bonds. The summed E-state index contributed by atoms with van der Waals surface area (Å²) in [6, 6.07) is 5.17. The van der Waals surface area contributed by atoms with Crippen LogP contribution in [0.5, 0.6) is 0 Å². The summed E-state index contributed by atoms with van der Waals surface area (Å²) in [7, 11) is 0. The maximum atomic E-state index is 13.0. The predicted molar refractivity (Wildman–Crippen MR) is 127 cm³/mol. The topological polar surface area (TPSA) is 103 Å². The van der Waals surface area contributed by atoms with Gasteiger partial charge in [-0.05, 0) is 57.2 Å². The number of nitrogens with two attached hydrogens (primary N) is 1. The standard InChI is InChI=1S/C25H28F3N5O/c1-14(29)17-4-2-5-19(23(17)30)24(34)32-16-10-8-15(9-11-16)31-20-6-3-7-21-18(20)12-13-22(33-21)25(26,27)28/h2-7,13,15-16,18,29,33H,8-12,30H2,1H3,(H,32,34). The molecule has 1 unspecified atom stereocenters. The molecule has 34 heavy (non-hydrogen) atoms. The third kappa shape index (κ3) is 5.08. The SMILES string of the molecule is CC(=N)c1cccc(C(=O)NC2CCC(N=C3C=CC=C4NC(C(F)(F)F)=CCC43)CC2)c1N. The Balaban J connectivity index is 1.36. The van der Waals surface area contributed by atoms with Gasteiger partial charge in [0, 0.05) is 34.6 Å². The van der Waals surface area contributed by atoms with Gasteiger partial charge in [0.1, 0.15) is 5.70 Å². The number of hydrogen-bond acceptors (Lipinski definition) is 5. The first-order valence-corrected chi connectivity index (χ1v) is 11.4. The van der Waals surface area contributed by atoms with Crippen molar-refractivity contribution < 1.29 is 18.0 Å². The van der Waals surface area contributed by atoms with Crippen molar-refractivity contribution in [3.63, 3.8) is 0 Å². The van der Waals surface area contributed by atoms with Crippen molar-refractivity contribution >= 4 is 23.0 Å². The molecule has 1 aliphatic heterocycles. The lowest BCUT2D eigenvalue weighted by Crippen LogP contribution is -2.39. The zero-order valence-corrected chi connectivity index (χ0v) is 18.9. The Bertz CT molecular complexity index is 1110. The van der Waals surface area contributed by atoms with Crippen LogP contribution in [0.3, 0.4) is 0 Å². The summed E-state index contributed by atoms with van der Waals surface area (Å²) in [6.45, 7) is 1.63. The highest BCUT2D eigenvalue weighted by Gasteiger charge is 2.38. The zero-order chi connectivity index (χ0) is 24.5. The molecule has 5 N–H and O–H groups in total. The molecule has 0 spiro atoms. The van der Waals surface area contributed by atoms with Crippen molar-refractivity contribution in [2.45, 2.75) is 57.3 Å². The molecule has 2 aliphatic carbocycles. The van der Waals surface area contributed by atoms with Gasteiger partial charge in [0.2, 0.25) is 0 Å². The molecule has 1 saturated carbocycles. The van der Waals surface area contributed by atoms with Gasteiger partial charge < -0.3 is 21.8 Å². The predicted octanol–water partition coefficient (Wildman–Crippen LogP) is 4.65. The van der Waals surface area contributed by atoms with Gasteiger partial charge in [-0.15, -0.1) is 0 Å². The van der Waals surface area contributed by atoms with Crippen LogP contribution in [0.4, 0.5) is 18.9 Å². The van der Waals surface area contributed by atoms with Crippen molar-refractivity contribution in [1.82, 2.24) is 10.6 Å². The number of para-hydroxylation sites is 1. The molecule has 0 radical (unpaired) electrons. The number of alkyl halides is 3. The fourth-order valence-corrected chi connectivity index (χ4v) is 4.69. The van der Waals surface area contributed by atoms with E-state index in [1.165, 1.54) is 6.08 Å². The summed E-state index contributed by atoms with van der Waals surface area (Å²) in [6.07, 6.45) is 5.41. The van der Waals surface area contributed by atoms with Crippen molar-refractivity contribution in [1.29, 1.82) is 5.41 Å². The molecule has 4 rings (SSSR count). The second-order valence-corrected chi connectivity index (χ2v) is 8.93. The van der Waals surface area contributed by atoms with Crippen LogP contribution in [0.2, 0.25) is 0 Å². The first-order chi connectivity index (χ1) is 16.1. The minimum Gasteiger partial charge on any atom is -0.398 e. The van der Waals surface area contributed by atoms with E-state index in [4.69, 9.17) is 16.1 Å². The number of carbonyl (C=O) groups excluding carboxylic acids is 1. The van der Waals surface area contributed by atoms with Crippen LogP contribution in [0.1, 0.15) is 54.9 Å². The van der Waals surface area contributed by atoms with Crippen LogP contribution in [0.25, 0.3) is 0 Å². The number of allylic oxidation sites excluding steroid dienone is 6. The number of nitrogens with zero attached hydrogens (tertiary/aromatic N) is 1. The summed E-state index contributed by atoms with van der Waals surface area (Å²) in [5.41, 5.74) is 8.24. The molecule has 6 nitrogen and oxygen atoms in total. The molecule has 0 saturated heterocycles. The van der Waals surface area contributed by atoms with Gasteiger partial charge in [-0.2, -0.15) is 13.2 Å². The summed E-state index contributed by atoms with van der Waals surface area (Å²) >= 11 is 0. The number of halogens is 3. The maximum absolute atomic E-state index is 13.0. The van der Waals surface area contributed by atoms with E-state index in [9.17, 15) is 18.0 Å². The van der Waals surface area contributed by atoms with Gasteiger partial charge in [0.05, 0.1) is 17.3 Å². The molecule has 180 valence electrons. The number of fused-ring (bicyclic) bond motifs is 1. The summed E-state index contributed by atoms with van der Waals surface area (Å²) in [4.78, 5) is 17.6. The highest BCUT2D eigenvalue weighted by molar-refractivity contribution is 6.08. The van der Waals surface area contributed by atoms with Gasteiger partial charge in [0.25, 0.3) is 5.91 Å². The highest BCUT2D eigenvalue weighted by atomic mass is 19.4. The molecule has 0 bridgehead atoms. The third-order valence-electron chi connectivity index (χ3n) is 6.54. The number of aliphatic imine (C=N–C) groups is 1. The van der Waals surface area contributed by atoms with E-state index in [2.05, 4.69) is 10.6 Å². The van der Waals surface area contributed by atoms with E-state index in [1.807, 2.05) is 6.08 Å². The average Bonchev–Trinajstić information content (AvgIpc) is 2.79. The summed E-state index contributed by atoms with van der Waals surface area (Å²) in [5, 5.41) is 13.4. The van der Waals surface area contributed by atoms with Gasteiger partial charge in [-0.3, -0.25) is 9.79 Å². The number of hydrogen-bond donors (Lipinski definition) is 4. The van der Waals surface area contributed by atoms with E-state index in [0.717, 1.165) is 31.4 Å². The first-order valence-electron chi connectivity index (χ1n) is 11.4. The summed E-state index contributed by atoms with van der Waals surface area (Å²) < 4.78 is 39.1. The van der Waals surface area contributed by atoms with Crippen LogP contribution in [0, 0.1) is 11.3 Å². The molecule has 1 fully saturated rings. The van der Waals surface area contributed by atoms with E-state index in [-0.39, 0.29) is 30.3 Å². The molecule has 1 aromatic carbocycles. The van der Waals surface area contributed by atoms with Crippen LogP contribution >= 0.6 is 0 Å². The quantitative estimate of drug-likeness (QED) is 0.380. The van der Waals surface area contributed by atoms with E-state index in [0.29, 0.717) is 28.2 Å². The maximum Gasteiger partial charge on any atom is 0.430 e. The number of anilines is 1. The molecule has 9 heteroatoms. The van der Waals surface area contributed by atoms with Crippen molar-refractivity contribution in [2.24, 2.45) is 10.9 Å². The zero-order valence-electron chi connectivity index (χ0n) is 18.9. The smallest absolute Gasteiger partial charge is 0.398 e. The molecule has 1 heterocycles. The number of carbonyl (C=O) groups is 1. The third-order valence-corrected chi connectivity index (χ3v) is 6.54. The lowest BCUT2D eigenvalue weighted by Gasteiger charge is -2.32. The van der Waals surface area contributed by atoms with E-state index in [1.54, 1.807) is 37.3 Å². The molecular weight excluding hydrogens is 443 g/mol. The van der Waals surface area contributed by atoms with Gasteiger partial charge in [-0.25, -0.2) is 0 Å². The normalized spacial score (nSPS) is 25.6. The fourth-order valence-electron chi connectivity index (χ4n) is 4.69. The Morgan fingerprint density at radius 2 is 1.91 bits per heavy atom. The van der Waals surface area contributed by atoms with Crippen LogP contribution in [0.15, 0.2) is 58.9 Å². The second kappa shape index (κ2) is 9.48. The molecule has 3 aliphatic rings. The van der Waals surface area contributed by atoms with Crippen LogP contribution in [-0.2, 0) is 0 Å². The van der Waals surface area contributed by atoms with Gasteiger partial charge in [-0.1, -0.05) is 24.3 Å². The Morgan fingerprint density at radius 1 is 1.21 bits per heavy atom. The van der Waals surface area contributed by atoms with Crippen LogP contribution < -0.4 is 16.4 Å². The highest BCUT2D eigenvalue weighted by Crippen LogP contribution is 2.34. The van der Waals surface area contributed by atoms with E-state index >= 15 is 0 Å². The van der Waals surface area contributed by atoms with Gasteiger partial charge >= 0.3 is 6.18 Å². The average molecular weight is 472 g/mol. The molecular formula is C25H28F3N5O. The number of nitrogens with one attached hydrogen (secondary N) is 3. The monoisotopic (exact) mass is 471 g/mol. The summed E-state index contributed by atoms with van der Waals surface area (Å²) in [5.74, 6) is -0.443. The fraction of sp³-hybridized carbons (Fsp3) is 0.400. The lowest BCUT2D eigenvalue weighted by molar-refractivity contribution is -0.0968. The number of benzene rings is 1. The number of amides is 1. The Labute approximate surface area is 196 Å². The lowest BCUT2D eigenvalue weighted by atomic mass is 9.87. The van der Waals surface area contributed by atoms with Crippen molar-refractivity contribution in [3.05, 3.63) is 65.0 Å². The first kappa shape index (κ1) is 23.8. The Kier molecular flexibility index (Phi) is 6.63. The van der Waals surface area contributed by atoms with Gasteiger partial charge in [0.15, 0.2) is 0 Å². The Morgan fingerprint density at radius 3 is 2.59 bits per heavy atom. The minimum absolute atomic E-state index is 0.000867. The van der Waals surface area contributed by atoms with Crippen LogP contribution in [-0.4, -0.2) is 35.6 Å². The van der Waals surface area contributed by atoms with E-state index < -0.39 is 11.9 Å². The minimum atomic E-state index is -4.39. The molecule has 0 aromatic heterocycles. The number of nitrogen functional groups attached to an aromatic ring is 1. The second-order valence-electron chi connectivity index (χ2n) is 8.93. The van der Waals surface area contributed by atoms with Crippen molar-refractivity contribution in [2.75, 3.05) is 5.73 Å². The number of rotatable bonds is 4. The molecule has 1 atom stereocenters. The molecule has 1 aromatic rings. The largest absolute Gasteiger partial charge is 0.430 e. The van der Waals surface area contributed by atoms with Crippen molar-refractivity contribution in [3.8, 4) is 0 Å². The Hall–Kier alpha value is -3.36.